The van der Waals surface area contributed by atoms with Gasteiger partial charge in [0.2, 0.25) is 11.8 Å². The van der Waals surface area contributed by atoms with E-state index in [2.05, 4.69) is 10.6 Å². The molecule has 48 heavy (non-hydrogen) atoms. The first-order chi connectivity index (χ1) is 22.8. The lowest BCUT2D eigenvalue weighted by Gasteiger charge is -2.30. The quantitative estimate of drug-likeness (QED) is 0.359. The number of amides is 4. The van der Waals surface area contributed by atoms with E-state index in [1.807, 2.05) is 0 Å². The van der Waals surface area contributed by atoms with Crippen LogP contribution in [-0.4, -0.2) is 82.2 Å². The molecule has 6 rings (SSSR count). The molecule has 1 aromatic rings. The summed E-state index contributed by atoms with van der Waals surface area (Å²) in [7, 11) is 0. The number of carbonyl (C=O) groups is 5. The van der Waals surface area contributed by atoms with Crippen LogP contribution in [0, 0.1) is 23.6 Å². The molecule has 0 unspecified atom stereocenters. The monoisotopic (exact) mass is 670 g/mol. The Morgan fingerprint density at radius 3 is 2.58 bits per heavy atom. The predicted molar refractivity (Wildman–Crippen MR) is 169 cm³/mol. The molecule has 262 valence electrons. The molecule has 5 aliphatic rings. The van der Waals surface area contributed by atoms with Gasteiger partial charge in [0.15, 0.2) is 0 Å². The fourth-order valence-electron chi connectivity index (χ4n) is 7.83. The Morgan fingerprint density at radius 2 is 1.85 bits per heavy atom. The normalized spacial score (nSPS) is 31.5. The standard InChI is InChI=1S/C35H47FN4O8/c1-5-46-31(43)35-16-25(35)23-14-20(23)10-7-6-8-13-27(37-32(44)48-34(2,3)4)30(42)40-18-22(15-28(40)29(41)38-35)47-33(45)39-17-21-11-9-12-26(36)24(21)19-39/h9,11-12,20,22-23,25,27-28H,5-8,10,13-19H2,1-4H3,(H,37,44)(H,38,41)/t20-,22+,23+,25-,27-,28-,35+/m0/s1. The first-order valence-electron chi connectivity index (χ1n) is 17.3. The average Bonchev–Trinajstić information content (AvgIpc) is 3.82. The summed E-state index contributed by atoms with van der Waals surface area (Å²) in [6, 6.07) is 2.64. The number of benzene rings is 1. The molecule has 12 nitrogen and oxygen atoms in total. The molecule has 13 heteroatoms. The van der Waals surface area contributed by atoms with Gasteiger partial charge in [0.1, 0.15) is 35.1 Å². The van der Waals surface area contributed by atoms with Crippen molar-refractivity contribution in [2.45, 2.75) is 121 Å². The molecule has 0 aromatic heterocycles. The summed E-state index contributed by atoms with van der Waals surface area (Å²) in [6.07, 6.45) is 3.02. The average molecular weight is 671 g/mol. The lowest BCUT2D eigenvalue weighted by atomic mass is 10.0. The summed E-state index contributed by atoms with van der Waals surface area (Å²) in [5.74, 6) is -1.13. The van der Waals surface area contributed by atoms with Crippen LogP contribution in [0.3, 0.4) is 0 Å². The maximum Gasteiger partial charge on any atom is 0.410 e. The number of rotatable bonds is 4. The number of hydrogen-bond donors (Lipinski definition) is 2. The van der Waals surface area contributed by atoms with Crippen LogP contribution in [0.5, 0.6) is 0 Å². The number of fused-ring (bicyclic) bond motifs is 5. The molecule has 7 atom stereocenters. The van der Waals surface area contributed by atoms with E-state index in [4.69, 9.17) is 14.2 Å². The zero-order chi connectivity index (χ0) is 34.4. The van der Waals surface area contributed by atoms with Gasteiger partial charge in [-0.2, -0.15) is 0 Å². The number of halogens is 1. The maximum atomic E-state index is 14.4. The summed E-state index contributed by atoms with van der Waals surface area (Å²) in [5, 5.41) is 5.72. The minimum Gasteiger partial charge on any atom is -0.464 e. The highest BCUT2D eigenvalue weighted by molar-refractivity contribution is 5.96. The van der Waals surface area contributed by atoms with Gasteiger partial charge in [-0.1, -0.05) is 37.8 Å². The molecule has 2 saturated heterocycles. The zero-order valence-electron chi connectivity index (χ0n) is 28.2. The number of alkyl carbamates (subject to hydrolysis) is 1. The second-order valence-electron chi connectivity index (χ2n) is 15.0. The molecular weight excluding hydrogens is 623 g/mol. The van der Waals surface area contributed by atoms with Crippen molar-refractivity contribution in [2.24, 2.45) is 17.8 Å². The van der Waals surface area contributed by atoms with Gasteiger partial charge in [0.25, 0.3) is 0 Å². The van der Waals surface area contributed by atoms with Crippen LogP contribution in [0.4, 0.5) is 14.0 Å². The Hall–Kier alpha value is -3.90. The first kappa shape index (κ1) is 34.0. The molecule has 0 spiro atoms. The van der Waals surface area contributed by atoms with Gasteiger partial charge in [-0.3, -0.25) is 14.5 Å². The number of nitrogens with one attached hydrogen (secondary N) is 2. The predicted octanol–water partition coefficient (Wildman–Crippen LogP) is 4.18. The Kier molecular flexibility index (Phi) is 9.34. The van der Waals surface area contributed by atoms with Crippen LogP contribution in [0.15, 0.2) is 18.2 Å². The topological polar surface area (TPSA) is 144 Å². The molecule has 3 heterocycles. The second kappa shape index (κ2) is 13.2. The fourth-order valence-corrected chi connectivity index (χ4v) is 7.83. The van der Waals surface area contributed by atoms with Crippen LogP contribution < -0.4 is 10.6 Å². The Labute approximate surface area is 280 Å². The van der Waals surface area contributed by atoms with E-state index in [9.17, 15) is 28.4 Å². The Morgan fingerprint density at radius 1 is 1.08 bits per heavy atom. The minimum atomic E-state index is -1.16. The van der Waals surface area contributed by atoms with E-state index in [1.54, 1.807) is 39.8 Å². The third-order valence-corrected chi connectivity index (χ3v) is 10.4. The lowest BCUT2D eigenvalue weighted by Crippen LogP contribution is -2.57. The summed E-state index contributed by atoms with van der Waals surface area (Å²) in [6.45, 7) is 7.22. The highest BCUT2D eigenvalue weighted by Crippen LogP contribution is 2.62. The molecule has 2 N–H and O–H groups in total. The van der Waals surface area contributed by atoms with Gasteiger partial charge in [-0.15, -0.1) is 0 Å². The van der Waals surface area contributed by atoms with Gasteiger partial charge < -0.3 is 29.7 Å². The van der Waals surface area contributed by atoms with Crippen LogP contribution in [-0.2, 0) is 41.7 Å². The first-order valence-corrected chi connectivity index (χ1v) is 17.3. The number of carbonyl (C=O) groups excluding carboxylic acids is 5. The van der Waals surface area contributed by atoms with Crippen molar-refractivity contribution in [1.82, 2.24) is 20.4 Å². The van der Waals surface area contributed by atoms with E-state index in [0.717, 1.165) is 25.7 Å². The van der Waals surface area contributed by atoms with Gasteiger partial charge >= 0.3 is 18.2 Å². The summed E-state index contributed by atoms with van der Waals surface area (Å²) >= 11 is 0. The van der Waals surface area contributed by atoms with Crippen molar-refractivity contribution in [3.63, 3.8) is 0 Å². The smallest absolute Gasteiger partial charge is 0.410 e. The van der Waals surface area contributed by atoms with Gasteiger partial charge in [-0.25, -0.2) is 18.8 Å². The third kappa shape index (κ3) is 7.10. The van der Waals surface area contributed by atoms with Crippen molar-refractivity contribution in [1.29, 1.82) is 0 Å². The van der Waals surface area contributed by atoms with Crippen molar-refractivity contribution in [2.75, 3.05) is 13.2 Å². The molecular formula is C35H47FN4O8. The lowest BCUT2D eigenvalue weighted by molar-refractivity contribution is -0.150. The minimum absolute atomic E-state index is 0.00670. The molecule has 4 fully saturated rings. The highest BCUT2D eigenvalue weighted by atomic mass is 19.1. The van der Waals surface area contributed by atoms with Crippen molar-refractivity contribution < 1.29 is 42.6 Å². The second-order valence-corrected chi connectivity index (χ2v) is 15.0. The molecule has 1 aromatic carbocycles. The van der Waals surface area contributed by atoms with Crippen molar-refractivity contribution in [3.8, 4) is 0 Å². The maximum absolute atomic E-state index is 14.4. The summed E-state index contributed by atoms with van der Waals surface area (Å²) < 4.78 is 31.1. The highest BCUT2D eigenvalue weighted by Gasteiger charge is 2.69. The van der Waals surface area contributed by atoms with E-state index >= 15 is 0 Å². The fraction of sp³-hybridized carbons (Fsp3) is 0.686. The van der Waals surface area contributed by atoms with Crippen LogP contribution in [0.1, 0.15) is 90.2 Å². The Bertz CT molecular complexity index is 1460. The molecule has 2 aliphatic carbocycles. The molecule has 0 bridgehead atoms. The number of hydrogen-bond acceptors (Lipinski definition) is 8. The number of ether oxygens (including phenoxy) is 3. The SMILES string of the molecule is CCOC(=O)[C@@]12C[C@H]1[C@@H]1C[C@@H]1CCCCC[C@H](NC(=O)OC(C)(C)C)C(=O)N1C[C@H](OC(=O)N3Cc4cccc(F)c4C3)C[C@H]1C(=O)N2. The molecule has 2 saturated carbocycles. The van der Waals surface area contributed by atoms with Gasteiger partial charge in [-0.05, 0) is 76.3 Å². The van der Waals surface area contributed by atoms with E-state index in [1.165, 1.54) is 15.9 Å². The molecule has 3 aliphatic heterocycles. The van der Waals surface area contributed by atoms with Gasteiger partial charge in [0, 0.05) is 18.5 Å². The zero-order valence-corrected chi connectivity index (χ0v) is 28.2. The van der Waals surface area contributed by atoms with Gasteiger partial charge in [0.05, 0.1) is 19.7 Å². The number of esters is 1. The third-order valence-electron chi connectivity index (χ3n) is 10.4. The summed E-state index contributed by atoms with van der Waals surface area (Å²) in [5.41, 5.74) is -0.822. The molecule has 0 radical (unpaired) electrons. The van der Waals surface area contributed by atoms with Crippen LogP contribution in [0.25, 0.3) is 0 Å². The van der Waals surface area contributed by atoms with E-state index in [0.29, 0.717) is 42.2 Å². The Balaban J connectivity index is 1.24. The van der Waals surface area contributed by atoms with Crippen LogP contribution >= 0.6 is 0 Å². The van der Waals surface area contributed by atoms with E-state index in [-0.39, 0.29) is 38.6 Å². The van der Waals surface area contributed by atoms with Crippen molar-refractivity contribution >= 4 is 30.0 Å². The van der Waals surface area contributed by atoms with E-state index < -0.39 is 65.1 Å². The summed E-state index contributed by atoms with van der Waals surface area (Å²) in [4.78, 5) is 70.6. The number of nitrogens with zero attached hydrogens (tertiary/aromatic N) is 2. The van der Waals surface area contributed by atoms with Crippen LogP contribution in [0.2, 0.25) is 0 Å². The van der Waals surface area contributed by atoms with Crippen molar-refractivity contribution in [3.05, 3.63) is 35.1 Å². The molecule has 4 amide bonds. The largest absolute Gasteiger partial charge is 0.464 e.